The summed E-state index contributed by atoms with van der Waals surface area (Å²) in [6, 6.07) is 1.95. The molecular formula is C18H24N6O. The van der Waals surface area contributed by atoms with E-state index in [2.05, 4.69) is 15.0 Å². The first-order chi connectivity index (χ1) is 11.8. The third-order valence-corrected chi connectivity index (χ3v) is 4.81. The Balaban J connectivity index is 2.03. The summed E-state index contributed by atoms with van der Waals surface area (Å²) in [6.07, 6.45) is 4.81. The summed E-state index contributed by atoms with van der Waals surface area (Å²) in [5.41, 5.74) is 1.59. The molecule has 2 aromatic heterocycles. The van der Waals surface area contributed by atoms with Crippen molar-refractivity contribution in [2.24, 2.45) is 0 Å². The van der Waals surface area contributed by atoms with E-state index in [0.29, 0.717) is 23.6 Å². The quantitative estimate of drug-likeness (QED) is 0.852. The number of carbonyl (C=O) groups excluding carboxylic acids is 1. The molecule has 1 saturated heterocycles. The molecule has 7 nitrogen and oxygen atoms in total. The van der Waals surface area contributed by atoms with Gasteiger partial charge in [0.2, 0.25) is 0 Å². The third-order valence-electron chi connectivity index (χ3n) is 4.81. The van der Waals surface area contributed by atoms with E-state index in [1.54, 1.807) is 6.20 Å². The highest BCUT2D eigenvalue weighted by molar-refractivity contribution is 5.95. The molecule has 0 spiro atoms. The maximum Gasteiger partial charge on any atom is 0.258 e. The Kier molecular flexibility index (Phi) is 4.41. The van der Waals surface area contributed by atoms with Gasteiger partial charge in [-0.05, 0) is 33.6 Å². The van der Waals surface area contributed by atoms with E-state index in [4.69, 9.17) is 4.98 Å². The predicted molar refractivity (Wildman–Crippen MR) is 95.5 cm³/mol. The Morgan fingerprint density at radius 1 is 1.28 bits per heavy atom. The maximum atomic E-state index is 13.1. The number of rotatable bonds is 3. The molecule has 7 heteroatoms. The van der Waals surface area contributed by atoms with Gasteiger partial charge in [0.15, 0.2) is 5.82 Å². The molecule has 3 heterocycles. The number of aryl methyl sites for hydroxylation is 2. The van der Waals surface area contributed by atoms with Gasteiger partial charge in [-0.1, -0.05) is 0 Å². The van der Waals surface area contributed by atoms with Crippen molar-refractivity contribution in [3.05, 3.63) is 41.4 Å². The van der Waals surface area contributed by atoms with Crippen LogP contribution in [-0.2, 0) is 5.54 Å². The summed E-state index contributed by atoms with van der Waals surface area (Å²) in [5, 5.41) is 0. The van der Waals surface area contributed by atoms with Crippen LogP contribution in [0, 0.1) is 13.8 Å². The van der Waals surface area contributed by atoms with Gasteiger partial charge in [0.25, 0.3) is 5.91 Å². The van der Waals surface area contributed by atoms with Crippen molar-refractivity contribution in [2.45, 2.75) is 39.2 Å². The number of nitrogens with zero attached hydrogens (tertiary/aromatic N) is 6. The molecule has 25 heavy (non-hydrogen) atoms. The average Bonchev–Trinajstić information content (AvgIpc) is 2.97. The van der Waals surface area contributed by atoms with E-state index in [1.165, 1.54) is 6.33 Å². The van der Waals surface area contributed by atoms with Gasteiger partial charge in [0.1, 0.15) is 17.7 Å². The number of amides is 1. The first kappa shape index (κ1) is 17.3. The van der Waals surface area contributed by atoms with Crippen molar-refractivity contribution in [1.82, 2.24) is 24.8 Å². The highest BCUT2D eigenvalue weighted by Crippen LogP contribution is 2.38. The van der Waals surface area contributed by atoms with Gasteiger partial charge in [-0.2, -0.15) is 0 Å². The van der Waals surface area contributed by atoms with Crippen LogP contribution in [0.2, 0.25) is 0 Å². The van der Waals surface area contributed by atoms with Crippen molar-refractivity contribution in [2.75, 3.05) is 25.5 Å². The molecule has 1 aliphatic heterocycles. The van der Waals surface area contributed by atoms with Gasteiger partial charge in [-0.3, -0.25) is 4.79 Å². The number of hydrogen-bond donors (Lipinski definition) is 0. The van der Waals surface area contributed by atoms with Gasteiger partial charge in [0, 0.05) is 38.6 Å². The second kappa shape index (κ2) is 6.38. The Bertz CT molecular complexity index is 806. The molecular weight excluding hydrogens is 316 g/mol. The number of likely N-dealkylation sites (tertiary alicyclic amines) is 1. The molecule has 1 fully saturated rings. The Hall–Kier alpha value is -2.57. The summed E-state index contributed by atoms with van der Waals surface area (Å²) < 4.78 is 0. The highest BCUT2D eigenvalue weighted by atomic mass is 16.2. The molecule has 0 N–H and O–H groups in total. The molecule has 0 aromatic carbocycles. The fraction of sp³-hybridized carbons (Fsp3) is 0.500. The minimum atomic E-state index is -0.532. The van der Waals surface area contributed by atoms with Crippen LogP contribution in [0.1, 0.15) is 47.3 Å². The van der Waals surface area contributed by atoms with Crippen molar-refractivity contribution in [3.63, 3.8) is 0 Å². The lowest BCUT2D eigenvalue weighted by molar-refractivity contribution is 0.0602. The smallest absolute Gasteiger partial charge is 0.258 e. The zero-order chi connectivity index (χ0) is 18.2. The third kappa shape index (κ3) is 3.06. The van der Waals surface area contributed by atoms with E-state index in [9.17, 15) is 4.79 Å². The lowest BCUT2D eigenvalue weighted by Crippen LogP contribution is -2.44. The summed E-state index contributed by atoms with van der Waals surface area (Å²) >= 11 is 0. The standard InChI is InChI=1S/C18H24N6O/c1-12-9-15(23(4)5)22-17(21-12)18(3)7-6-8-24(18)16(25)14-10-19-11-20-13(14)2/h9-11H,6-8H2,1-5H3/t18-/m0/s1. The van der Waals surface area contributed by atoms with Crippen molar-refractivity contribution in [3.8, 4) is 0 Å². The molecule has 1 atom stereocenters. The molecule has 0 radical (unpaired) electrons. The monoisotopic (exact) mass is 340 g/mol. The predicted octanol–water partition coefficient (Wildman–Crippen LogP) is 2.10. The Labute approximate surface area is 148 Å². The van der Waals surface area contributed by atoms with Crippen LogP contribution in [0.5, 0.6) is 0 Å². The molecule has 0 aliphatic carbocycles. The molecule has 1 amide bonds. The molecule has 0 saturated carbocycles. The van der Waals surface area contributed by atoms with Gasteiger partial charge < -0.3 is 9.80 Å². The normalized spacial score (nSPS) is 20.0. The van der Waals surface area contributed by atoms with Crippen LogP contribution in [0.25, 0.3) is 0 Å². The van der Waals surface area contributed by atoms with Gasteiger partial charge >= 0.3 is 0 Å². The van der Waals surface area contributed by atoms with Crippen LogP contribution in [0.15, 0.2) is 18.6 Å². The van der Waals surface area contributed by atoms with Gasteiger partial charge in [-0.25, -0.2) is 19.9 Å². The van der Waals surface area contributed by atoms with E-state index < -0.39 is 5.54 Å². The van der Waals surface area contributed by atoms with E-state index in [0.717, 1.165) is 24.4 Å². The lowest BCUT2D eigenvalue weighted by Gasteiger charge is -2.34. The van der Waals surface area contributed by atoms with E-state index in [1.807, 2.05) is 50.7 Å². The number of hydrogen-bond acceptors (Lipinski definition) is 6. The van der Waals surface area contributed by atoms with Crippen molar-refractivity contribution >= 4 is 11.7 Å². The minimum absolute atomic E-state index is 0.0605. The molecule has 132 valence electrons. The fourth-order valence-electron chi connectivity index (χ4n) is 3.29. The van der Waals surface area contributed by atoms with Crippen molar-refractivity contribution < 1.29 is 4.79 Å². The zero-order valence-electron chi connectivity index (χ0n) is 15.4. The maximum absolute atomic E-state index is 13.1. The summed E-state index contributed by atoms with van der Waals surface area (Å²) in [6.45, 7) is 6.51. The van der Waals surface area contributed by atoms with Gasteiger partial charge in [-0.15, -0.1) is 0 Å². The van der Waals surface area contributed by atoms with Crippen LogP contribution in [0.3, 0.4) is 0 Å². The first-order valence-corrected chi connectivity index (χ1v) is 8.45. The average molecular weight is 340 g/mol. The number of aromatic nitrogens is 4. The summed E-state index contributed by atoms with van der Waals surface area (Å²) in [5.74, 6) is 1.48. The van der Waals surface area contributed by atoms with Crippen LogP contribution >= 0.6 is 0 Å². The van der Waals surface area contributed by atoms with Gasteiger partial charge in [0.05, 0.1) is 11.3 Å². The highest BCUT2D eigenvalue weighted by Gasteiger charge is 2.44. The fourth-order valence-corrected chi connectivity index (χ4v) is 3.29. The molecule has 3 rings (SSSR count). The van der Waals surface area contributed by atoms with E-state index in [-0.39, 0.29) is 5.91 Å². The number of carbonyl (C=O) groups is 1. The minimum Gasteiger partial charge on any atom is -0.363 e. The largest absolute Gasteiger partial charge is 0.363 e. The van der Waals surface area contributed by atoms with Crippen molar-refractivity contribution in [1.29, 1.82) is 0 Å². The second-order valence-corrected chi connectivity index (χ2v) is 6.94. The molecule has 2 aromatic rings. The molecule has 1 aliphatic rings. The zero-order valence-corrected chi connectivity index (χ0v) is 15.4. The lowest BCUT2D eigenvalue weighted by atomic mass is 9.96. The van der Waals surface area contributed by atoms with Crippen LogP contribution in [0.4, 0.5) is 5.82 Å². The van der Waals surface area contributed by atoms with E-state index >= 15 is 0 Å². The molecule has 0 bridgehead atoms. The summed E-state index contributed by atoms with van der Waals surface area (Å²) in [4.78, 5) is 34.5. The molecule has 0 unspecified atom stereocenters. The van der Waals surface area contributed by atoms with Crippen LogP contribution < -0.4 is 4.90 Å². The van der Waals surface area contributed by atoms with Crippen LogP contribution in [-0.4, -0.2) is 51.4 Å². The second-order valence-electron chi connectivity index (χ2n) is 6.94. The Morgan fingerprint density at radius 2 is 2.04 bits per heavy atom. The Morgan fingerprint density at radius 3 is 2.72 bits per heavy atom. The summed E-state index contributed by atoms with van der Waals surface area (Å²) in [7, 11) is 3.91. The topological polar surface area (TPSA) is 75.1 Å². The number of anilines is 1. The first-order valence-electron chi connectivity index (χ1n) is 8.45. The SMILES string of the molecule is Cc1cc(N(C)C)nc([C@]2(C)CCCN2C(=O)c2cncnc2C)n1.